The molecule has 0 unspecified atom stereocenters. The zero-order valence-electron chi connectivity index (χ0n) is 15.6. The second-order valence-electron chi connectivity index (χ2n) is 6.35. The molecular formula is C20H24N4O2. The molecule has 0 aliphatic rings. The summed E-state index contributed by atoms with van der Waals surface area (Å²) in [5.41, 5.74) is 5.95. The van der Waals surface area contributed by atoms with Crippen LogP contribution < -0.4 is 10.1 Å². The summed E-state index contributed by atoms with van der Waals surface area (Å²) in [5.74, 6) is 0.644. The molecule has 1 amide bonds. The second kappa shape index (κ2) is 7.56. The van der Waals surface area contributed by atoms with Crippen molar-refractivity contribution in [3.8, 4) is 16.9 Å². The number of ether oxygens (including phenoxy) is 1. The SMILES string of the molecule is CCCCOc1ccc(C)c(-c2cc(C(=O)NC)nc3cn[nH]c23)c1C. The van der Waals surface area contributed by atoms with E-state index in [2.05, 4.69) is 34.3 Å². The van der Waals surface area contributed by atoms with Crippen molar-refractivity contribution in [3.05, 3.63) is 41.2 Å². The minimum Gasteiger partial charge on any atom is -0.493 e. The maximum atomic E-state index is 12.1. The van der Waals surface area contributed by atoms with Gasteiger partial charge in [-0.25, -0.2) is 4.98 Å². The van der Waals surface area contributed by atoms with Crippen molar-refractivity contribution in [1.29, 1.82) is 0 Å². The van der Waals surface area contributed by atoms with E-state index in [1.165, 1.54) is 0 Å². The third-order valence-corrected chi connectivity index (χ3v) is 4.52. The lowest BCUT2D eigenvalue weighted by Gasteiger charge is -2.16. The van der Waals surface area contributed by atoms with Crippen LogP contribution in [0.4, 0.5) is 0 Å². The molecular weight excluding hydrogens is 328 g/mol. The van der Waals surface area contributed by atoms with E-state index in [0.29, 0.717) is 17.8 Å². The summed E-state index contributed by atoms with van der Waals surface area (Å²) in [5, 5.41) is 9.75. The summed E-state index contributed by atoms with van der Waals surface area (Å²) >= 11 is 0. The lowest BCUT2D eigenvalue weighted by molar-refractivity contribution is 0.0958. The van der Waals surface area contributed by atoms with Crippen LogP contribution in [0.1, 0.15) is 41.4 Å². The molecule has 1 aromatic carbocycles. The van der Waals surface area contributed by atoms with Gasteiger partial charge in [0.1, 0.15) is 17.0 Å². The molecule has 0 saturated carbocycles. The van der Waals surface area contributed by atoms with E-state index < -0.39 is 0 Å². The van der Waals surface area contributed by atoms with E-state index in [0.717, 1.165) is 46.4 Å². The van der Waals surface area contributed by atoms with Gasteiger partial charge in [0.05, 0.1) is 18.3 Å². The highest BCUT2D eigenvalue weighted by Gasteiger charge is 2.18. The lowest BCUT2D eigenvalue weighted by Crippen LogP contribution is -2.19. The molecule has 2 aromatic heterocycles. The number of H-pyrrole nitrogens is 1. The Morgan fingerprint density at radius 3 is 2.85 bits per heavy atom. The Hall–Kier alpha value is -2.89. The average Bonchev–Trinajstić information content (AvgIpc) is 3.11. The first-order valence-electron chi connectivity index (χ1n) is 8.86. The molecule has 6 heteroatoms. The average molecular weight is 352 g/mol. The van der Waals surface area contributed by atoms with Crippen molar-refractivity contribution >= 4 is 16.9 Å². The number of benzene rings is 1. The van der Waals surface area contributed by atoms with Crippen molar-refractivity contribution in [2.24, 2.45) is 0 Å². The first kappa shape index (κ1) is 17.9. The van der Waals surface area contributed by atoms with Crippen LogP contribution in [0.3, 0.4) is 0 Å². The topological polar surface area (TPSA) is 79.9 Å². The fourth-order valence-electron chi connectivity index (χ4n) is 3.10. The highest BCUT2D eigenvalue weighted by atomic mass is 16.5. The van der Waals surface area contributed by atoms with Gasteiger partial charge in [0.15, 0.2) is 0 Å². The number of carbonyl (C=O) groups is 1. The minimum atomic E-state index is -0.222. The van der Waals surface area contributed by atoms with Crippen LogP contribution in [0.25, 0.3) is 22.2 Å². The van der Waals surface area contributed by atoms with Crippen LogP contribution in [0.2, 0.25) is 0 Å². The van der Waals surface area contributed by atoms with E-state index in [1.807, 2.05) is 25.1 Å². The predicted molar refractivity (Wildman–Crippen MR) is 103 cm³/mol. The van der Waals surface area contributed by atoms with Crippen LogP contribution >= 0.6 is 0 Å². The zero-order chi connectivity index (χ0) is 18.7. The van der Waals surface area contributed by atoms with E-state index in [-0.39, 0.29) is 5.91 Å². The molecule has 26 heavy (non-hydrogen) atoms. The van der Waals surface area contributed by atoms with Gasteiger partial charge in [-0.05, 0) is 49.1 Å². The van der Waals surface area contributed by atoms with E-state index in [9.17, 15) is 4.79 Å². The van der Waals surface area contributed by atoms with Gasteiger partial charge >= 0.3 is 0 Å². The van der Waals surface area contributed by atoms with Gasteiger partial charge in [-0.3, -0.25) is 9.89 Å². The summed E-state index contributed by atoms with van der Waals surface area (Å²) in [6.07, 6.45) is 3.74. The monoisotopic (exact) mass is 352 g/mol. The Morgan fingerprint density at radius 1 is 1.31 bits per heavy atom. The van der Waals surface area contributed by atoms with Gasteiger partial charge in [-0.15, -0.1) is 0 Å². The predicted octanol–water partition coefficient (Wildman–Crippen LogP) is 3.78. The van der Waals surface area contributed by atoms with Crippen molar-refractivity contribution in [3.63, 3.8) is 0 Å². The van der Waals surface area contributed by atoms with E-state index >= 15 is 0 Å². The van der Waals surface area contributed by atoms with Crippen LogP contribution in [-0.2, 0) is 0 Å². The van der Waals surface area contributed by atoms with Gasteiger partial charge in [0, 0.05) is 12.6 Å². The number of aromatic nitrogens is 3. The molecule has 136 valence electrons. The number of aryl methyl sites for hydroxylation is 1. The fourth-order valence-corrected chi connectivity index (χ4v) is 3.10. The molecule has 0 bridgehead atoms. The number of carbonyl (C=O) groups excluding carboxylic acids is 1. The number of aromatic amines is 1. The number of rotatable bonds is 6. The number of pyridine rings is 1. The highest BCUT2D eigenvalue weighted by Crippen LogP contribution is 2.36. The molecule has 0 atom stereocenters. The number of hydrogen-bond donors (Lipinski definition) is 2. The van der Waals surface area contributed by atoms with Gasteiger partial charge in [-0.1, -0.05) is 19.4 Å². The normalized spacial score (nSPS) is 10.9. The van der Waals surface area contributed by atoms with E-state index in [1.54, 1.807) is 13.2 Å². The standard InChI is InChI=1S/C20H24N4O2/c1-5-6-9-26-17-8-7-12(2)18(13(17)3)14-10-15(20(25)21-4)23-16-11-22-24-19(14)16/h7-8,10-11H,5-6,9H2,1-4H3,(H,21,25)(H,22,24). The van der Waals surface area contributed by atoms with Gasteiger partial charge in [-0.2, -0.15) is 5.10 Å². The fraction of sp³-hybridized carbons (Fsp3) is 0.350. The molecule has 3 aromatic rings. The van der Waals surface area contributed by atoms with Gasteiger partial charge in [0.2, 0.25) is 0 Å². The molecule has 0 aliphatic heterocycles. The van der Waals surface area contributed by atoms with Gasteiger partial charge < -0.3 is 10.1 Å². The molecule has 6 nitrogen and oxygen atoms in total. The summed E-state index contributed by atoms with van der Waals surface area (Å²) in [6.45, 7) is 6.94. The Bertz CT molecular complexity index is 946. The minimum absolute atomic E-state index is 0.222. The number of unbranched alkanes of at least 4 members (excludes halogenated alkanes) is 1. The molecule has 2 N–H and O–H groups in total. The maximum Gasteiger partial charge on any atom is 0.269 e. The Balaban J connectivity index is 2.18. The summed E-state index contributed by atoms with van der Waals surface area (Å²) in [4.78, 5) is 16.5. The van der Waals surface area contributed by atoms with Crippen molar-refractivity contribution in [2.45, 2.75) is 33.6 Å². The van der Waals surface area contributed by atoms with Gasteiger partial charge in [0.25, 0.3) is 5.91 Å². The van der Waals surface area contributed by atoms with Crippen LogP contribution in [0.15, 0.2) is 24.4 Å². The summed E-state index contributed by atoms with van der Waals surface area (Å²) in [7, 11) is 1.60. The van der Waals surface area contributed by atoms with Crippen molar-refractivity contribution in [1.82, 2.24) is 20.5 Å². The number of nitrogens with one attached hydrogen (secondary N) is 2. The van der Waals surface area contributed by atoms with Crippen molar-refractivity contribution < 1.29 is 9.53 Å². The van der Waals surface area contributed by atoms with Crippen LogP contribution in [0.5, 0.6) is 5.75 Å². The third kappa shape index (κ3) is 3.27. The maximum absolute atomic E-state index is 12.1. The zero-order valence-corrected chi connectivity index (χ0v) is 15.6. The first-order valence-corrected chi connectivity index (χ1v) is 8.86. The largest absolute Gasteiger partial charge is 0.493 e. The number of nitrogens with zero attached hydrogens (tertiary/aromatic N) is 2. The molecule has 0 radical (unpaired) electrons. The molecule has 3 rings (SSSR count). The highest BCUT2D eigenvalue weighted by molar-refractivity contribution is 6.00. The second-order valence-corrected chi connectivity index (χ2v) is 6.35. The quantitative estimate of drug-likeness (QED) is 0.662. The molecule has 0 saturated heterocycles. The Labute approximate surface area is 153 Å². The third-order valence-electron chi connectivity index (χ3n) is 4.52. The number of hydrogen-bond acceptors (Lipinski definition) is 4. The van der Waals surface area contributed by atoms with Crippen LogP contribution in [-0.4, -0.2) is 34.7 Å². The first-order chi connectivity index (χ1) is 12.6. The summed E-state index contributed by atoms with van der Waals surface area (Å²) in [6, 6.07) is 5.87. The number of fused-ring (bicyclic) bond motifs is 1. The molecule has 0 aliphatic carbocycles. The molecule has 0 spiro atoms. The summed E-state index contributed by atoms with van der Waals surface area (Å²) < 4.78 is 5.97. The lowest BCUT2D eigenvalue weighted by atomic mass is 9.94. The molecule has 0 fully saturated rings. The Morgan fingerprint density at radius 2 is 2.12 bits per heavy atom. The smallest absolute Gasteiger partial charge is 0.269 e. The molecule has 2 heterocycles. The van der Waals surface area contributed by atoms with Crippen LogP contribution in [0, 0.1) is 13.8 Å². The Kier molecular flexibility index (Phi) is 5.21. The van der Waals surface area contributed by atoms with Crippen molar-refractivity contribution in [2.75, 3.05) is 13.7 Å². The number of amides is 1. The van der Waals surface area contributed by atoms with E-state index in [4.69, 9.17) is 4.74 Å².